The summed E-state index contributed by atoms with van der Waals surface area (Å²) in [5.41, 5.74) is 1.88. The van der Waals surface area contributed by atoms with Crippen molar-refractivity contribution in [2.75, 3.05) is 14.2 Å². The molecule has 0 amide bonds. The summed E-state index contributed by atoms with van der Waals surface area (Å²) in [6.45, 7) is 0. The number of hydrogen-bond acceptors (Lipinski definition) is 3. The SMILES string of the molecule is COc1ccccc1-c1nccn1-c1ccccc1OC. The maximum absolute atomic E-state index is 5.44. The molecule has 1 heterocycles. The Kier molecular flexibility index (Phi) is 3.60. The molecule has 0 aliphatic heterocycles. The van der Waals surface area contributed by atoms with Gasteiger partial charge < -0.3 is 9.47 Å². The van der Waals surface area contributed by atoms with Gasteiger partial charge in [-0.25, -0.2) is 4.98 Å². The van der Waals surface area contributed by atoms with Crippen LogP contribution in [0.2, 0.25) is 0 Å². The Morgan fingerprint density at radius 3 is 2.29 bits per heavy atom. The summed E-state index contributed by atoms with van der Waals surface area (Å²) in [6.07, 6.45) is 3.69. The standard InChI is InChI=1S/C17H16N2O2/c1-20-15-9-5-3-7-13(15)17-18-11-12-19(17)14-8-4-6-10-16(14)21-2/h3-12H,1-2H3. The van der Waals surface area contributed by atoms with E-state index in [4.69, 9.17) is 9.47 Å². The molecule has 4 heteroatoms. The normalized spacial score (nSPS) is 10.4. The number of rotatable bonds is 4. The van der Waals surface area contributed by atoms with Crippen LogP contribution in [-0.2, 0) is 0 Å². The molecule has 0 atom stereocenters. The molecule has 0 aliphatic carbocycles. The van der Waals surface area contributed by atoms with Gasteiger partial charge in [-0.3, -0.25) is 4.57 Å². The molecule has 0 saturated heterocycles. The zero-order chi connectivity index (χ0) is 14.7. The van der Waals surface area contributed by atoms with E-state index >= 15 is 0 Å². The van der Waals surface area contributed by atoms with Gasteiger partial charge in [-0.15, -0.1) is 0 Å². The maximum atomic E-state index is 5.44. The fourth-order valence-corrected chi connectivity index (χ4v) is 2.36. The van der Waals surface area contributed by atoms with Crippen molar-refractivity contribution in [2.24, 2.45) is 0 Å². The van der Waals surface area contributed by atoms with E-state index in [0.717, 1.165) is 28.6 Å². The summed E-state index contributed by atoms with van der Waals surface area (Å²) >= 11 is 0. The van der Waals surface area contributed by atoms with Crippen LogP contribution in [0.4, 0.5) is 0 Å². The predicted octanol–water partition coefficient (Wildman–Crippen LogP) is 3.56. The number of para-hydroxylation sites is 3. The van der Waals surface area contributed by atoms with Crippen molar-refractivity contribution < 1.29 is 9.47 Å². The van der Waals surface area contributed by atoms with Crippen LogP contribution < -0.4 is 9.47 Å². The maximum Gasteiger partial charge on any atom is 0.148 e. The number of hydrogen-bond donors (Lipinski definition) is 0. The van der Waals surface area contributed by atoms with Crippen LogP contribution in [0.15, 0.2) is 60.9 Å². The van der Waals surface area contributed by atoms with Gasteiger partial charge in [0.15, 0.2) is 0 Å². The summed E-state index contributed by atoms with van der Waals surface area (Å²) in [6, 6.07) is 15.7. The molecular weight excluding hydrogens is 264 g/mol. The zero-order valence-electron chi connectivity index (χ0n) is 12.0. The largest absolute Gasteiger partial charge is 0.496 e. The Balaban J connectivity index is 2.18. The van der Waals surface area contributed by atoms with Crippen molar-refractivity contribution in [1.82, 2.24) is 9.55 Å². The van der Waals surface area contributed by atoms with Gasteiger partial charge in [-0.05, 0) is 24.3 Å². The number of nitrogens with zero attached hydrogens (tertiary/aromatic N) is 2. The monoisotopic (exact) mass is 280 g/mol. The highest BCUT2D eigenvalue weighted by atomic mass is 16.5. The highest BCUT2D eigenvalue weighted by Gasteiger charge is 2.14. The van der Waals surface area contributed by atoms with Crippen molar-refractivity contribution >= 4 is 0 Å². The number of aromatic nitrogens is 2. The van der Waals surface area contributed by atoms with E-state index in [-0.39, 0.29) is 0 Å². The average Bonchev–Trinajstić information content (AvgIpc) is 3.04. The molecule has 4 nitrogen and oxygen atoms in total. The minimum absolute atomic E-state index is 0.792. The first-order valence-electron chi connectivity index (χ1n) is 6.65. The van der Waals surface area contributed by atoms with Gasteiger partial charge in [-0.1, -0.05) is 24.3 Å². The van der Waals surface area contributed by atoms with Crippen LogP contribution in [0.5, 0.6) is 11.5 Å². The van der Waals surface area contributed by atoms with Crippen molar-refractivity contribution in [3.8, 4) is 28.6 Å². The number of imidazole rings is 1. The topological polar surface area (TPSA) is 36.3 Å². The Hall–Kier alpha value is -2.75. The average molecular weight is 280 g/mol. The van der Waals surface area contributed by atoms with Crippen molar-refractivity contribution in [1.29, 1.82) is 0 Å². The van der Waals surface area contributed by atoms with Gasteiger partial charge in [0.1, 0.15) is 17.3 Å². The van der Waals surface area contributed by atoms with Gasteiger partial charge in [0, 0.05) is 12.4 Å². The molecule has 0 aliphatic rings. The third kappa shape index (κ3) is 2.36. The molecule has 21 heavy (non-hydrogen) atoms. The van der Waals surface area contributed by atoms with Gasteiger partial charge in [0.2, 0.25) is 0 Å². The van der Waals surface area contributed by atoms with E-state index in [2.05, 4.69) is 4.98 Å². The lowest BCUT2D eigenvalue weighted by Crippen LogP contribution is -2.00. The lowest BCUT2D eigenvalue weighted by molar-refractivity contribution is 0.412. The van der Waals surface area contributed by atoms with Crippen LogP contribution in [0.1, 0.15) is 0 Å². The Morgan fingerprint density at radius 2 is 1.52 bits per heavy atom. The van der Waals surface area contributed by atoms with Gasteiger partial charge in [-0.2, -0.15) is 0 Å². The summed E-state index contributed by atoms with van der Waals surface area (Å²) in [7, 11) is 3.33. The number of ether oxygens (including phenoxy) is 2. The molecule has 2 aromatic carbocycles. The predicted molar refractivity (Wildman–Crippen MR) is 82.1 cm³/mol. The van der Waals surface area contributed by atoms with Crippen LogP contribution >= 0.6 is 0 Å². The third-order valence-electron chi connectivity index (χ3n) is 3.33. The van der Waals surface area contributed by atoms with Crippen LogP contribution in [0.3, 0.4) is 0 Å². The first kappa shape index (κ1) is 13.2. The molecule has 1 aromatic heterocycles. The molecular formula is C17H16N2O2. The molecule has 0 saturated carbocycles. The Labute approximate surface area is 123 Å². The second-order valence-electron chi connectivity index (χ2n) is 4.49. The summed E-state index contributed by atoms with van der Waals surface area (Å²) in [5, 5.41) is 0. The minimum Gasteiger partial charge on any atom is -0.496 e. The van der Waals surface area contributed by atoms with Gasteiger partial charge in [0.05, 0.1) is 25.5 Å². The molecule has 0 spiro atoms. The lowest BCUT2D eigenvalue weighted by atomic mass is 10.2. The summed E-state index contributed by atoms with van der Waals surface area (Å²) in [5.74, 6) is 2.41. The van der Waals surface area contributed by atoms with Crippen molar-refractivity contribution in [2.45, 2.75) is 0 Å². The summed E-state index contributed by atoms with van der Waals surface area (Å²) in [4.78, 5) is 4.47. The van der Waals surface area contributed by atoms with E-state index in [1.807, 2.05) is 59.3 Å². The van der Waals surface area contributed by atoms with Crippen molar-refractivity contribution in [3.05, 3.63) is 60.9 Å². The van der Waals surface area contributed by atoms with E-state index in [1.54, 1.807) is 20.4 Å². The van der Waals surface area contributed by atoms with E-state index < -0.39 is 0 Å². The minimum atomic E-state index is 0.792. The fourth-order valence-electron chi connectivity index (χ4n) is 2.36. The highest BCUT2D eigenvalue weighted by Crippen LogP contribution is 2.32. The molecule has 3 aromatic rings. The fraction of sp³-hybridized carbons (Fsp3) is 0.118. The van der Waals surface area contributed by atoms with Crippen molar-refractivity contribution in [3.63, 3.8) is 0 Å². The second kappa shape index (κ2) is 5.71. The molecule has 0 unspecified atom stereocenters. The molecule has 106 valence electrons. The first-order valence-corrected chi connectivity index (χ1v) is 6.65. The highest BCUT2D eigenvalue weighted by molar-refractivity contribution is 5.67. The zero-order valence-corrected chi connectivity index (χ0v) is 12.0. The number of benzene rings is 2. The number of methoxy groups -OCH3 is 2. The van der Waals surface area contributed by atoms with Crippen LogP contribution in [0, 0.1) is 0 Å². The van der Waals surface area contributed by atoms with E-state index in [0.29, 0.717) is 0 Å². The molecule has 3 rings (SSSR count). The van der Waals surface area contributed by atoms with Gasteiger partial charge >= 0.3 is 0 Å². The lowest BCUT2D eigenvalue weighted by Gasteiger charge is -2.13. The third-order valence-corrected chi connectivity index (χ3v) is 3.33. The first-order chi connectivity index (χ1) is 10.3. The Morgan fingerprint density at radius 1 is 0.857 bits per heavy atom. The van der Waals surface area contributed by atoms with Crippen LogP contribution in [-0.4, -0.2) is 23.8 Å². The van der Waals surface area contributed by atoms with Crippen LogP contribution in [0.25, 0.3) is 17.1 Å². The Bertz CT molecular complexity index is 688. The second-order valence-corrected chi connectivity index (χ2v) is 4.49. The van der Waals surface area contributed by atoms with Gasteiger partial charge in [0.25, 0.3) is 0 Å². The van der Waals surface area contributed by atoms with E-state index in [1.165, 1.54) is 0 Å². The molecule has 0 bridgehead atoms. The summed E-state index contributed by atoms with van der Waals surface area (Å²) < 4.78 is 12.9. The molecule has 0 fully saturated rings. The van der Waals surface area contributed by atoms with E-state index in [9.17, 15) is 0 Å². The molecule has 0 N–H and O–H groups in total. The quantitative estimate of drug-likeness (QED) is 0.733. The smallest absolute Gasteiger partial charge is 0.148 e. The molecule has 0 radical (unpaired) electrons.